The number of hydrogen-bond acceptors (Lipinski definition) is 1. The molecule has 3 aromatic rings. The molecule has 1 aromatic heterocycles. The van der Waals surface area contributed by atoms with E-state index in [1.54, 1.807) is 6.20 Å². The van der Waals surface area contributed by atoms with Gasteiger partial charge in [-0.2, -0.15) is 0 Å². The Labute approximate surface area is 113 Å². The van der Waals surface area contributed by atoms with Crippen LogP contribution in [-0.2, 0) is 0 Å². The molecule has 0 radical (unpaired) electrons. The van der Waals surface area contributed by atoms with Gasteiger partial charge in [-0.1, -0.05) is 54.1 Å². The Morgan fingerprint density at radius 1 is 0.684 bits per heavy atom. The average molecular weight is 245 g/mol. The number of nitrogens with zero attached hydrogens (tertiary/aromatic N) is 1. The predicted octanol–water partition coefficient (Wildman–Crippen LogP) is 4.72. The molecule has 1 heteroatoms. The summed E-state index contributed by atoms with van der Waals surface area (Å²) in [6, 6.07) is 21.2. The van der Waals surface area contributed by atoms with E-state index in [1.165, 1.54) is 22.3 Å². The van der Waals surface area contributed by atoms with E-state index >= 15 is 0 Å². The van der Waals surface area contributed by atoms with E-state index in [0.29, 0.717) is 0 Å². The van der Waals surface area contributed by atoms with Gasteiger partial charge in [0.2, 0.25) is 0 Å². The normalized spacial score (nSPS) is 10.4. The molecule has 1 nitrogen and oxygen atoms in total. The summed E-state index contributed by atoms with van der Waals surface area (Å²) in [6.45, 7) is 2.11. The molecule has 0 unspecified atom stereocenters. The first kappa shape index (κ1) is 11.7. The first-order valence-corrected chi connectivity index (χ1v) is 6.40. The van der Waals surface area contributed by atoms with Crippen LogP contribution in [0.2, 0.25) is 0 Å². The maximum absolute atomic E-state index is 4.18. The number of aromatic nitrogens is 1. The Hall–Kier alpha value is -2.41. The van der Waals surface area contributed by atoms with Gasteiger partial charge in [0.25, 0.3) is 0 Å². The highest BCUT2D eigenvalue weighted by molar-refractivity contribution is 5.72. The number of aryl methyl sites for hydroxylation is 1. The Kier molecular flexibility index (Phi) is 3.11. The summed E-state index contributed by atoms with van der Waals surface area (Å²) in [4.78, 5) is 4.18. The predicted molar refractivity (Wildman–Crippen MR) is 79.8 cm³/mol. The lowest BCUT2D eigenvalue weighted by Gasteiger charge is -2.06. The lowest BCUT2D eigenvalue weighted by Crippen LogP contribution is -1.82. The molecule has 0 amide bonds. The molecule has 0 aliphatic carbocycles. The molecule has 0 bridgehead atoms. The minimum Gasteiger partial charge on any atom is -0.264 e. The molecular weight excluding hydrogens is 230 g/mol. The molecule has 2 aromatic carbocycles. The van der Waals surface area contributed by atoms with Gasteiger partial charge in [-0.3, -0.25) is 4.98 Å². The molecule has 0 N–H and O–H groups in total. The number of benzene rings is 2. The highest BCUT2D eigenvalue weighted by Crippen LogP contribution is 2.25. The zero-order valence-electron chi connectivity index (χ0n) is 10.9. The van der Waals surface area contributed by atoms with Gasteiger partial charge < -0.3 is 0 Å². The van der Waals surface area contributed by atoms with E-state index in [9.17, 15) is 0 Å². The van der Waals surface area contributed by atoms with Gasteiger partial charge in [0.05, 0.1) is 0 Å². The molecule has 0 saturated heterocycles. The van der Waals surface area contributed by atoms with Crippen LogP contribution in [0, 0.1) is 6.92 Å². The molecule has 19 heavy (non-hydrogen) atoms. The fourth-order valence-electron chi connectivity index (χ4n) is 2.16. The van der Waals surface area contributed by atoms with Crippen LogP contribution in [0.4, 0.5) is 0 Å². The third-order valence-electron chi connectivity index (χ3n) is 3.24. The fraction of sp³-hybridized carbons (Fsp3) is 0.0556. The van der Waals surface area contributed by atoms with E-state index in [1.807, 2.05) is 12.3 Å². The summed E-state index contributed by atoms with van der Waals surface area (Å²) in [5.41, 5.74) is 6.12. The standard InChI is InChI=1S/C18H15N/c1-14-7-9-15(10-8-14)16-4-2-5-17(12-16)18-6-3-11-19-13-18/h2-13H,1H3. The van der Waals surface area contributed by atoms with Gasteiger partial charge in [0, 0.05) is 18.0 Å². The molecule has 0 atom stereocenters. The van der Waals surface area contributed by atoms with Crippen molar-refractivity contribution >= 4 is 0 Å². The van der Waals surface area contributed by atoms with Crippen LogP contribution >= 0.6 is 0 Å². The molecule has 0 aliphatic rings. The summed E-state index contributed by atoms with van der Waals surface area (Å²) >= 11 is 0. The zero-order valence-corrected chi connectivity index (χ0v) is 10.9. The van der Waals surface area contributed by atoms with Crippen molar-refractivity contribution in [3.63, 3.8) is 0 Å². The summed E-state index contributed by atoms with van der Waals surface area (Å²) in [7, 11) is 0. The second-order valence-corrected chi connectivity index (χ2v) is 4.69. The smallest absolute Gasteiger partial charge is 0.0346 e. The van der Waals surface area contributed by atoms with Crippen molar-refractivity contribution in [2.24, 2.45) is 0 Å². The first-order chi connectivity index (χ1) is 9.33. The van der Waals surface area contributed by atoms with Gasteiger partial charge in [-0.25, -0.2) is 0 Å². The number of rotatable bonds is 2. The summed E-state index contributed by atoms with van der Waals surface area (Å²) in [6.07, 6.45) is 3.70. The Bertz CT molecular complexity index is 670. The van der Waals surface area contributed by atoms with Crippen LogP contribution in [0.3, 0.4) is 0 Å². The maximum atomic E-state index is 4.18. The Morgan fingerprint density at radius 2 is 1.37 bits per heavy atom. The molecule has 0 saturated carbocycles. The largest absolute Gasteiger partial charge is 0.264 e. The Morgan fingerprint density at radius 3 is 2.05 bits per heavy atom. The third-order valence-corrected chi connectivity index (χ3v) is 3.24. The monoisotopic (exact) mass is 245 g/mol. The molecule has 92 valence electrons. The molecule has 0 aliphatic heterocycles. The SMILES string of the molecule is Cc1ccc(-c2cccc(-c3cccnc3)c2)cc1. The number of pyridine rings is 1. The summed E-state index contributed by atoms with van der Waals surface area (Å²) < 4.78 is 0. The molecular formula is C18H15N. The van der Waals surface area contributed by atoms with Crippen molar-refractivity contribution in [1.82, 2.24) is 4.98 Å². The average Bonchev–Trinajstić information content (AvgIpc) is 2.49. The minimum atomic E-state index is 1.15. The van der Waals surface area contributed by atoms with Gasteiger partial charge in [-0.15, -0.1) is 0 Å². The minimum absolute atomic E-state index is 1.15. The van der Waals surface area contributed by atoms with Crippen LogP contribution < -0.4 is 0 Å². The quantitative estimate of drug-likeness (QED) is 0.636. The van der Waals surface area contributed by atoms with Crippen LogP contribution in [-0.4, -0.2) is 4.98 Å². The number of hydrogen-bond donors (Lipinski definition) is 0. The van der Waals surface area contributed by atoms with Gasteiger partial charge in [-0.05, 0) is 35.7 Å². The summed E-state index contributed by atoms with van der Waals surface area (Å²) in [5.74, 6) is 0. The van der Waals surface area contributed by atoms with Gasteiger partial charge in [0.1, 0.15) is 0 Å². The van der Waals surface area contributed by atoms with E-state index in [-0.39, 0.29) is 0 Å². The second kappa shape index (κ2) is 5.07. The highest BCUT2D eigenvalue weighted by atomic mass is 14.6. The molecule has 1 heterocycles. The summed E-state index contributed by atoms with van der Waals surface area (Å²) in [5, 5.41) is 0. The lowest BCUT2D eigenvalue weighted by molar-refractivity contribution is 1.33. The van der Waals surface area contributed by atoms with Crippen LogP contribution in [0.5, 0.6) is 0 Å². The van der Waals surface area contributed by atoms with Crippen molar-refractivity contribution in [2.45, 2.75) is 6.92 Å². The van der Waals surface area contributed by atoms with Crippen molar-refractivity contribution in [1.29, 1.82) is 0 Å². The van der Waals surface area contributed by atoms with E-state index < -0.39 is 0 Å². The van der Waals surface area contributed by atoms with Crippen molar-refractivity contribution < 1.29 is 0 Å². The van der Waals surface area contributed by atoms with Crippen LogP contribution in [0.1, 0.15) is 5.56 Å². The topological polar surface area (TPSA) is 12.9 Å². The third kappa shape index (κ3) is 2.55. The van der Waals surface area contributed by atoms with Gasteiger partial charge in [0.15, 0.2) is 0 Å². The first-order valence-electron chi connectivity index (χ1n) is 6.40. The van der Waals surface area contributed by atoms with E-state index in [2.05, 4.69) is 66.5 Å². The Balaban J connectivity index is 2.03. The van der Waals surface area contributed by atoms with Crippen LogP contribution in [0.15, 0.2) is 73.1 Å². The highest BCUT2D eigenvalue weighted by Gasteiger charge is 2.01. The second-order valence-electron chi connectivity index (χ2n) is 4.69. The molecule has 0 fully saturated rings. The van der Waals surface area contributed by atoms with E-state index in [4.69, 9.17) is 0 Å². The van der Waals surface area contributed by atoms with Gasteiger partial charge >= 0.3 is 0 Å². The van der Waals surface area contributed by atoms with Crippen molar-refractivity contribution in [2.75, 3.05) is 0 Å². The van der Waals surface area contributed by atoms with Crippen molar-refractivity contribution in [3.05, 3.63) is 78.6 Å². The zero-order chi connectivity index (χ0) is 13.1. The maximum Gasteiger partial charge on any atom is 0.0346 e. The lowest BCUT2D eigenvalue weighted by atomic mass is 9.99. The fourth-order valence-corrected chi connectivity index (χ4v) is 2.16. The van der Waals surface area contributed by atoms with Crippen LogP contribution in [0.25, 0.3) is 22.3 Å². The van der Waals surface area contributed by atoms with E-state index in [0.717, 1.165) is 5.56 Å². The molecule has 0 spiro atoms. The van der Waals surface area contributed by atoms with Crippen molar-refractivity contribution in [3.8, 4) is 22.3 Å². The molecule has 3 rings (SSSR count).